The minimum absolute atomic E-state index is 0.208. The maximum absolute atomic E-state index is 9.57. The predicted molar refractivity (Wildman–Crippen MR) is 110 cm³/mol. The fourth-order valence-corrected chi connectivity index (χ4v) is 4.30. The Labute approximate surface area is 166 Å². The van der Waals surface area contributed by atoms with Crippen LogP contribution in [0.3, 0.4) is 0 Å². The first-order valence-corrected chi connectivity index (χ1v) is 10.2. The number of para-hydroxylation sites is 2. The lowest BCUT2D eigenvalue weighted by atomic mass is 10.1. The van der Waals surface area contributed by atoms with Crippen LogP contribution in [0.2, 0.25) is 0 Å². The molecule has 0 bridgehead atoms. The van der Waals surface area contributed by atoms with Gasteiger partial charge in [-0.05, 0) is 44.5 Å². The number of nitrogens with zero attached hydrogens (tertiary/aromatic N) is 4. The second-order valence-corrected chi connectivity index (χ2v) is 7.65. The Morgan fingerprint density at radius 1 is 1.14 bits per heavy atom. The number of hydrogen-bond donors (Lipinski definition) is 1. The molecule has 1 atom stereocenters. The molecule has 3 aromatic rings. The molecule has 0 spiro atoms. The van der Waals surface area contributed by atoms with Crippen LogP contribution < -0.4 is 0 Å². The lowest BCUT2D eigenvalue weighted by molar-refractivity contribution is 0.0439. The van der Waals surface area contributed by atoms with Crippen LogP contribution in [0.1, 0.15) is 30.7 Å². The summed E-state index contributed by atoms with van der Waals surface area (Å²) in [6.07, 6.45) is 0.778. The molecular weight excluding hydrogens is 352 g/mol. The normalized spacial score (nSPS) is 18.9. The molecular formula is C22H30N4O2. The third-order valence-electron chi connectivity index (χ3n) is 5.72. The van der Waals surface area contributed by atoms with E-state index in [1.165, 1.54) is 5.52 Å². The molecule has 0 unspecified atom stereocenters. The van der Waals surface area contributed by atoms with E-state index in [1.54, 1.807) is 0 Å². The maximum atomic E-state index is 9.57. The lowest BCUT2D eigenvalue weighted by Crippen LogP contribution is -2.52. The Balaban J connectivity index is 1.47. The Bertz CT molecular complexity index is 916. The molecule has 3 heterocycles. The SMILES string of the molecule is CCn1c(CN2CCN(Cc3ccc(C)o3)[C@H](CCO)C2)nc2ccccc21. The summed E-state index contributed by atoms with van der Waals surface area (Å²) >= 11 is 0. The second kappa shape index (κ2) is 8.47. The van der Waals surface area contributed by atoms with Crippen molar-refractivity contribution in [3.8, 4) is 0 Å². The summed E-state index contributed by atoms with van der Waals surface area (Å²) in [5, 5.41) is 9.57. The smallest absolute Gasteiger partial charge is 0.124 e. The quantitative estimate of drug-likeness (QED) is 0.681. The van der Waals surface area contributed by atoms with Crippen molar-refractivity contribution in [2.45, 2.75) is 45.9 Å². The molecule has 1 N–H and O–H groups in total. The van der Waals surface area contributed by atoms with Crippen LogP contribution in [0.4, 0.5) is 0 Å². The number of aromatic nitrogens is 2. The predicted octanol–water partition coefficient (Wildman–Crippen LogP) is 3.03. The van der Waals surface area contributed by atoms with Gasteiger partial charge in [0, 0.05) is 38.8 Å². The number of fused-ring (bicyclic) bond motifs is 1. The van der Waals surface area contributed by atoms with Crippen molar-refractivity contribution in [1.82, 2.24) is 19.4 Å². The summed E-state index contributed by atoms with van der Waals surface area (Å²) in [6.45, 7) is 9.84. The number of aryl methyl sites for hydroxylation is 2. The summed E-state index contributed by atoms with van der Waals surface area (Å²) in [4.78, 5) is 9.79. The molecule has 1 aliphatic rings. The molecule has 1 aliphatic heterocycles. The van der Waals surface area contributed by atoms with Crippen LogP contribution >= 0.6 is 0 Å². The van der Waals surface area contributed by atoms with Gasteiger partial charge in [-0.2, -0.15) is 0 Å². The van der Waals surface area contributed by atoms with Crippen LogP contribution in [0, 0.1) is 6.92 Å². The van der Waals surface area contributed by atoms with Crippen molar-refractivity contribution in [2.75, 3.05) is 26.2 Å². The van der Waals surface area contributed by atoms with Gasteiger partial charge < -0.3 is 14.1 Å². The number of rotatable bonds is 7. The number of furan rings is 1. The second-order valence-electron chi connectivity index (χ2n) is 7.65. The van der Waals surface area contributed by atoms with Gasteiger partial charge in [-0.1, -0.05) is 12.1 Å². The van der Waals surface area contributed by atoms with Crippen molar-refractivity contribution in [1.29, 1.82) is 0 Å². The number of aliphatic hydroxyl groups is 1. The summed E-state index contributed by atoms with van der Waals surface area (Å²) < 4.78 is 8.08. The summed E-state index contributed by atoms with van der Waals surface area (Å²) in [5.74, 6) is 3.08. The third-order valence-corrected chi connectivity index (χ3v) is 5.72. The first kappa shape index (κ1) is 19.2. The molecule has 150 valence electrons. The molecule has 1 aromatic carbocycles. The molecule has 2 aromatic heterocycles. The van der Waals surface area contributed by atoms with Gasteiger partial charge in [-0.3, -0.25) is 9.80 Å². The molecule has 6 nitrogen and oxygen atoms in total. The Morgan fingerprint density at radius 3 is 2.75 bits per heavy atom. The van der Waals surface area contributed by atoms with Gasteiger partial charge in [0.05, 0.1) is 24.1 Å². The van der Waals surface area contributed by atoms with Gasteiger partial charge in [0.25, 0.3) is 0 Å². The van der Waals surface area contributed by atoms with Crippen molar-refractivity contribution >= 4 is 11.0 Å². The van der Waals surface area contributed by atoms with Gasteiger partial charge in [0.2, 0.25) is 0 Å². The van der Waals surface area contributed by atoms with E-state index in [2.05, 4.69) is 45.6 Å². The molecule has 1 fully saturated rings. The fourth-order valence-electron chi connectivity index (χ4n) is 4.30. The van der Waals surface area contributed by atoms with Gasteiger partial charge >= 0.3 is 0 Å². The Kier molecular flexibility index (Phi) is 5.80. The standard InChI is InChI=1S/C22H30N4O2/c1-3-26-21-7-5-4-6-20(21)23-22(26)16-24-11-12-25(18(14-24)10-13-27)15-19-9-8-17(2)28-19/h4-9,18,27H,3,10-16H2,1-2H3/t18-/m1/s1. The van der Waals surface area contributed by atoms with Crippen LogP contribution in [-0.2, 0) is 19.6 Å². The Morgan fingerprint density at radius 2 is 2.00 bits per heavy atom. The number of benzene rings is 1. The van der Waals surface area contributed by atoms with E-state index in [0.29, 0.717) is 6.04 Å². The molecule has 0 aliphatic carbocycles. The first-order valence-electron chi connectivity index (χ1n) is 10.2. The van der Waals surface area contributed by atoms with Gasteiger partial charge in [0.1, 0.15) is 17.3 Å². The van der Waals surface area contributed by atoms with E-state index in [1.807, 2.05) is 19.1 Å². The lowest BCUT2D eigenvalue weighted by Gasteiger charge is -2.41. The zero-order valence-electron chi connectivity index (χ0n) is 16.8. The highest BCUT2D eigenvalue weighted by Gasteiger charge is 2.28. The first-order chi connectivity index (χ1) is 13.7. The number of imidazole rings is 1. The summed E-state index contributed by atoms with van der Waals surface area (Å²) in [7, 11) is 0. The zero-order valence-corrected chi connectivity index (χ0v) is 16.8. The topological polar surface area (TPSA) is 57.7 Å². The van der Waals surface area contributed by atoms with Gasteiger partial charge in [-0.15, -0.1) is 0 Å². The van der Waals surface area contributed by atoms with Crippen LogP contribution in [0.15, 0.2) is 40.8 Å². The molecule has 0 amide bonds. The molecule has 28 heavy (non-hydrogen) atoms. The van der Waals surface area contributed by atoms with Crippen molar-refractivity contribution < 1.29 is 9.52 Å². The average molecular weight is 383 g/mol. The highest BCUT2D eigenvalue weighted by molar-refractivity contribution is 5.75. The van der Waals surface area contributed by atoms with E-state index in [4.69, 9.17) is 9.40 Å². The summed E-state index contributed by atoms with van der Waals surface area (Å²) in [6, 6.07) is 12.8. The number of piperazine rings is 1. The highest BCUT2D eigenvalue weighted by atomic mass is 16.3. The molecule has 0 radical (unpaired) electrons. The van der Waals surface area contributed by atoms with E-state index >= 15 is 0 Å². The fraction of sp³-hybridized carbons (Fsp3) is 0.500. The van der Waals surface area contributed by atoms with Crippen LogP contribution in [0.25, 0.3) is 11.0 Å². The molecule has 1 saturated heterocycles. The van der Waals surface area contributed by atoms with Gasteiger partial charge in [-0.25, -0.2) is 4.98 Å². The van der Waals surface area contributed by atoms with E-state index in [0.717, 1.165) is 68.6 Å². The Hall–Kier alpha value is -2.15. The zero-order chi connectivity index (χ0) is 19.5. The van der Waals surface area contributed by atoms with Crippen molar-refractivity contribution in [3.05, 3.63) is 53.7 Å². The summed E-state index contributed by atoms with van der Waals surface area (Å²) in [5.41, 5.74) is 2.27. The van der Waals surface area contributed by atoms with Crippen LogP contribution in [-0.4, -0.2) is 56.7 Å². The average Bonchev–Trinajstić information content (AvgIpc) is 3.26. The minimum Gasteiger partial charge on any atom is -0.465 e. The van der Waals surface area contributed by atoms with Crippen LogP contribution in [0.5, 0.6) is 0 Å². The minimum atomic E-state index is 0.208. The van der Waals surface area contributed by atoms with E-state index in [-0.39, 0.29) is 6.61 Å². The molecule has 4 rings (SSSR count). The largest absolute Gasteiger partial charge is 0.465 e. The maximum Gasteiger partial charge on any atom is 0.124 e. The molecule has 0 saturated carbocycles. The monoisotopic (exact) mass is 382 g/mol. The van der Waals surface area contributed by atoms with Crippen molar-refractivity contribution in [2.24, 2.45) is 0 Å². The van der Waals surface area contributed by atoms with Gasteiger partial charge in [0.15, 0.2) is 0 Å². The van der Waals surface area contributed by atoms with E-state index < -0.39 is 0 Å². The third kappa shape index (κ3) is 3.99. The van der Waals surface area contributed by atoms with Crippen molar-refractivity contribution in [3.63, 3.8) is 0 Å². The molecule has 6 heteroatoms. The number of aliphatic hydroxyl groups excluding tert-OH is 1. The van der Waals surface area contributed by atoms with E-state index in [9.17, 15) is 5.11 Å². The highest BCUT2D eigenvalue weighted by Crippen LogP contribution is 2.21. The number of hydrogen-bond acceptors (Lipinski definition) is 5.